The average Bonchev–Trinajstić information content (AvgIpc) is 2.38. The van der Waals surface area contributed by atoms with Crippen LogP contribution >= 0.6 is 0 Å². The minimum atomic E-state index is -0.394. The van der Waals surface area contributed by atoms with Crippen molar-refractivity contribution in [3.05, 3.63) is 22.9 Å². The van der Waals surface area contributed by atoms with Crippen LogP contribution in [0.3, 0.4) is 0 Å². The molecule has 0 aromatic carbocycles. The van der Waals surface area contributed by atoms with Crippen LogP contribution in [0, 0.1) is 19.8 Å². The van der Waals surface area contributed by atoms with Crippen molar-refractivity contribution in [3.8, 4) is 0 Å². The van der Waals surface area contributed by atoms with Gasteiger partial charge < -0.3 is 16.4 Å². The fourth-order valence-corrected chi connectivity index (χ4v) is 3.02. The monoisotopic (exact) mass is 276 g/mol. The van der Waals surface area contributed by atoms with Crippen LogP contribution in [0.5, 0.6) is 0 Å². The number of hydrogen-bond donors (Lipinski definition) is 2. The lowest BCUT2D eigenvalue weighted by Crippen LogP contribution is -2.36. The number of aryl methyl sites for hydroxylation is 2. The summed E-state index contributed by atoms with van der Waals surface area (Å²) < 4.78 is 0. The number of anilines is 1. The second kappa shape index (κ2) is 6.22. The molecule has 20 heavy (non-hydrogen) atoms. The Morgan fingerprint density at radius 1 is 1.40 bits per heavy atom. The second-order valence-electron chi connectivity index (χ2n) is 5.65. The van der Waals surface area contributed by atoms with E-state index in [0.29, 0.717) is 11.5 Å². The van der Waals surface area contributed by atoms with Gasteiger partial charge in [-0.15, -0.1) is 0 Å². The smallest absolute Gasteiger partial charge is 0.252 e. The molecule has 0 saturated carbocycles. The Hall–Kier alpha value is -1.62. The summed E-state index contributed by atoms with van der Waals surface area (Å²) in [6, 6.07) is 1.91. The zero-order valence-electron chi connectivity index (χ0n) is 12.4. The van der Waals surface area contributed by atoms with Gasteiger partial charge in [-0.25, -0.2) is 4.98 Å². The molecule has 2 rings (SSSR count). The molecular weight excluding hydrogens is 252 g/mol. The van der Waals surface area contributed by atoms with Gasteiger partial charge in [-0.3, -0.25) is 4.79 Å². The molecule has 1 fully saturated rings. The maximum Gasteiger partial charge on any atom is 0.252 e. The Kier molecular flexibility index (Phi) is 4.60. The summed E-state index contributed by atoms with van der Waals surface area (Å²) in [6.45, 7) is 6.45. The number of nitrogens with zero attached hydrogens (tertiary/aromatic N) is 2. The third-order valence-corrected chi connectivity index (χ3v) is 4.06. The average molecular weight is 276 g/mol. The van der Waals surface area contributed by atoms with E-state index in [1.54, 1.807) is 0 Å². The molecular formula is C15H24N4O. The van der Waals surface area contributed by atoms with Crippen molar-refractivity contribution in [2.24, 2.45) is 17.4 Å². The first kappa shape index (κ1) is 14.8. The lowest BCUT2D eigenvalue weighted by atomic mass is 9.93. The van der Waals surface area contributed by atoms with E-state index in [0.717, 1.165) is 56.0 Å². The van der Waals surface area contributed by atoms with Gasteiger partial charge in [0.05, 0.1) is 5.56 Å². The molecule has 4 N–H and O–H groups in total. The molecule has 0 aliphatic carbocycles. The predicted molar refractivity (Wildman–Crippen MR) is 80.8 cm³/mol. The summed E-state index contributed by atoms with van der Waals surface area (Å²) in [5.74, 6) is 1.05. The molecule has 2 heterocycles. The van der Waals surface area contributed by atoms with E-state index in [1.165, 1.54) is 0 Å². The van der Waals surface area contributed by atoms with Crippen molar-refractivity contribution in [1.29, 1.82) is 0 Å². The Morgan fingerprint density at radius 2 is 2.05 bits per heavy atom. The van der Waals surface area contributed by atoms with Gasteiger partial charge in [-0.05, 0) is 57.2 Å². The third-order valence-electron chi connectivity index (χ3n) is 4.06. The van der Waals surface area contributed by atoms with Crippen molar-refractivity contribution in [3.63, 3.8) is 0 Å². The highest BCUT2D eigenvalue weighted by molar-refractivity contribution is 5.99. The number of carbonyl (C=O) groups is 1. The first-order valence-corrected chi connectivity index (χ1v) is 7.26. The van der Waals surface area contributed by atoms with E-state index in [2.05, 4.69) is 9.88 Å². The van der Waals surface area contributed by atoms with Crippen LogP contribution in [0.1, 0.15) is 40.9 Å². The molecule has 110 valence electrons. The van der Waals surface area contributed by atoms with Gasteiger partial charge >= 0.3 is 0 Å². The zero-order valence-corrected chi connectivity index (χ0v) is 12.4. The first-order chi connectivity index (χ1) is 9.52. The molecule has 1 aliphatic rings. The zero-order chi connectivity index (χ0) is 14.7. The largest absolute Gasteiger partial charge is 0.365 e. The summed E-state index contributed by atoms with van der Waals surface area (Å²) >= 11 is 0. The highest BCUT2D eigenvalue weighted by Crippen LogP contribution is 2.28. The van der Waals surface area contributed by atoms with E-state index in [9.17, 15) is 4.79 Å². The number of nitrogens with two attached hydrogens (primary N) is 2. The van der Waals surface area contributed by atoms with Gasteiger partial charge in [0.1, 0.15) is 5.82 Å². The Labute approximate surface area is 120 Å². The summed E-state index contributed by atoms with van der Waals surface area (Å²) in [5.41, 5.74) is 13.5. The Balaban J connectivity index is 2.23. The fraction of sp³-hybridized carbons (Fsp3) is 0.600. The maximum absolute atomic E-state index is 11.7. The molecule has 5 nitrogen and oxygen atoms in total. The van der Waals surface area contributed by atoms with Gasteiger partial charge in [0.2, 0.25) is 0 Å². The number of hydrogen-bond acceptors (Lipinski definition) is 4. The molecule has 1 amide bonds. The molecule has 5 heteroatoms. The Bertz CT molecular complexity index is 493. The van der Waals surface area contributed by atoms with Crippen LogP contribution in [0.4, 0.5) is 5.82 Å². The minimum Gasteiger partial charge on any atom is -0.365 e. The van der Waals surface area contributed by atoms with Crippen molar-refractivity contribution < 1.29 is 4.79 Å². The number of rotatable bonds is 4. The molecule has 0 bridgehead atoms. The quantitative estimate of drug-likeness (QED) is 0.869. The minimum absolute atomic E-state index is 0.394. The highest BCUT2D eigenvalue weighted by Gasteiger charge is 2.24. The van der Waals surface area contributed by atoms with Crippen molar-refractivity contribution in [1.82, 2.24) is 4.98 Å². The van der Waals surface area contributed by atoms with Crippen LogP contribution in [0.2, 0.25) is 0 Å². The lowest BCUT2D eigenvalue weighted by Gasteiger charge is -2.34. The molecule has 1 aromatic heterocycles. The number of primary amides is 1. The molecule has 1 aliphatic heterocycles. The van der Waals surface area contributed by atoms with E-state index < -0.39 is 5.91 Å². The van der Waals surface area contributed by atoms with Gasteiger partial charge in [-0.2, -0.15) is 0 Å². The number of pyridine rings is 1. The molecule has 0 unspecified atom stereocenters. The maximum atomic E-state index is 11.7. The van der Waals surface area contributed by atoms with Crippen molar-refractivity contribution in [2.75, 3.05) is 24.5 Å². The number of aromatic nitrogens is 1. The third kappa shape index (κ3) is 3.10. The fourth-order valence-electron chi connectivity index (χ4n) is 3.02. The normalized spacial score (nSPS) is 16.4. The lowest BCUT2D eigenvalue weighted by molar-refractivity contribution is 0.1000. The molecule has 0 spiro atoms. The molecule has 0 atom stereocenters. The van der Waals surface area contributed by atoms with Crippen LogP contribution in [0.25, 0.3) is 0 Å². The second-order valence-corrected chi connectivity index (χ2v) is 5.65. The van der Waals surface area contributed by atoms with Gasteiger partial charge in [-0.1, -0.05) is 0 Å². The van der Waals surface area contributed by atoms with Gasteiger partial charge in [0.15, 0.2) is 0 Å². The molecule has 1 aromatic rings. The van der Waals surface area contributed by atoms with Crippen LogP contribution < -0.4 is 16.4 Å². The summed E-state index contributed by atoms with van der Waals surface area (Å²) in [4.78, 5) is 18.4. The summed E-state index contributed by atoms with van der Waals surface area (Å²) in [6.07, 6.45) is 3.28. The number of carbonyl (C=O) groups excluding carboxylic acids is 1. The summed E-state index contributed by atoms with van der Waals surface area (Å²) in [5, 5.41) is 0. The highest BCUT2D eigenvalue weighted by atomic mass is 16.1. The SMILES string of the molecule is Cc1cc(C)c(C(N)=O)c(N2CCC(CCN)CC2)n1. The van der Waals surface area contributed by atoms with Crippen molar-refractivity contribution >= 4 is 11.7 Å². The predicted octanol–water partition coefficient (Wildman–Crippen LogP) is 1.36. The molecule has 1 saturated heterocycles. The van der Waals surface area contributed by atoms with E-state index in [1.807, 2.05) is 19.9 Å². The van der Waals surface area contributed by atoms with Gasteiger partial charge in [0.25, 0.3) is 5.91 Å². The molecule has 0 radical (unpaired) electrons. The summed E-state index contributed by atoms with van der Waals surface area (Å²) in [7, 11) is 0. The van der Waals surface area contributed by atoms with Crippen LogP contribution in [-0.2, 0) is 0 Å². The van der Waals surface area contributed by atoms with E-state index in [4.69, 9.17) is 11.5 Å². The van der Waals surface area contributed by atoms with Crippen molar-refractivity contribution in [2.45, 2.75) is 33.1 Å². The number of piperidine rings is 1. The van der Waals surface area contributed by atoms with Gasteiger partial charge in [0, 0.05) is 18.8 Å². The number of amides is 1. The first-order valence-electron chi connectivity index (χ1n) is 7.26. The van der Waals surface area contributed by atoms with Crippen LogP contribution in [0.15, 0.2) is 6.07 Å². The van der Waals surface area contributed by atoms with E-state index in [-0.39, 0.29) is 0 Å². The topological polar surface area (TPSA) is 85.2 Å². The van der Waals surface area contributed by atoms with Crippen LogP contribution in [-0.4, -0.2) is 30.5 Å². The Morgan fingerprint density at radius 3 is 2.60 bits per heavy atom. The van der Waals surface area contributed by atoms with E-state index >= 15 is 0 Å². The standard InChI is InChI=1S/C15H24N4O/c1-10-9-11(2)18-15(13(10)14(17)20)19-7-4-12(3-6-16)5-8-19/h9,12H,3-8,16H2,1-2H3,(H2,17,20).